The lowest BCUT2D eigenvalue weighted by molar-refractivity contribution is 0.0733. The molecule has 2 aromatic heterocycles. The average Bonchev–Trinajstić information content (AvgIpc) is 2.83. The molecule has 0 spiro atoms. The third-order valence-electron chi connectivity index (χ3n) is 3.10. The van der Waals surface area contributed by atoms with Crippen molar-refractivity contribution in [1.29, 1.82) is 0 Å². The van der Waals surface area contributed by atoms with Crippen molar-refractivity contribution in [3.8, 4) is 0 Å². The highest BCUT2D eigenvalue weighted by atomic mass is 35.5. The second-order valence-corrected chi connectivity index (χ2v) is 4.54. The fourth-order valence-electron chi connectivity index (χ4n) is 2.16. The topological polar surface area (TPSA) is 46.3 Å². The van der Waals surface area contributed by atoms with Gasteiger partial charge in [-0.25, -0.2) is 0 Å². The van der Waals surface area contributed by atoms with Crippen LogP contribution in [0.15, 0.2) is 35.1 Å². The number of hydrogen-bond acceptors (Lipinski definition) is 3. The van der Waals surface area contributed by atoms with E-state index >= 15 is 0 Å². The minimum Gasteiger partial charge on any atom is -0.452 e. The molecular weight excluding hydrogens is 252 g/mol. The van der Waals surface area contributed by atoms with Crippen LogP contribution < -0.4 is 0 Å². The average molecular weight is 263 g/mol. The molecule has 92 valence electrons. The third-order valence-corrected chi connectivity index (χ3v) is 3.39. The summed E-state index contributed by atoms with van der Waals surface area (Å²) in [4.78, 5) is 18.3. The largest absolute Gasteiger partial charge is 0.452 e. The van der Waals surface area contributed by atoms with E-state index in [1.54, 1.807) is 17.2 Å². The molecule has 0 saturated heterocycles. The first-order valence-electron chi connectivity index (χ1n) is 5.71. The number of hydrogen-bond donors (Lipinski definition) is 0. The minimum absolute atomic E-state index is 0.0942. The standard InChI is InChI=1S/C13H11ClN2O2/c14-12-10(4-7-18-12)13(17)16-6-3-11-9(8-16)2-1-5-15-11/h1-2,4-5,7H,3,6,8H2. The zero-order valence-corrected chi connectivity index (χ0v) is 10.4. The molecule has 0 aliphatic carbocycles. The van der Waals surface area contributed by atoms with Gasteiger partial charge in [-0.05, 0) is 29.3 Å². The number of pyridine rings is 1. The van der Waals surface area contributed by atoms with Crippen molar-refractivity contribution in [2.24, 2.45) is 0 Å². The predicted molar refractivity (Wildman–Crippen MR) is 66.4 cm³/mol. The van der Waals surface area contributed by atoms with E-state index in [1.165, 1.54) is 6.26 Å². The summed E-state index contributed by atoms with van der Waals surface area (Å²) in [5.41, 5.74) is 2.58. The Morgan fingerprint density at radius 3 is 3.11 bits per heavy atom. The van der Waals surface area contributed by atoms with Gasteiger partial charge >= 0.3 is 0 Å². The van der Waals surface area contributed by atoms with Crippen LogP contribution in [-0.2, 0) is 13.0 Å². The number of halogens is 1. The highest BCUT2D eigenvalue weighted by molar-refractivity contribution is 6.32. The molecule has 4 nitrogen and oxygen atoms in total. The summed E-state index contributed by atoms with van der Waals surface area (Å²) in [5.74, 6) is -0.0942. The van der Waals surface area contributed by atoms with Gasteiger partial charge in [-0.3, -0.25) is 9.78 Å². The number of amides is 1. The lowest BCUT2D eigenvalue weighted by atomic mass is 10.1. The lowest BCUT2D eigenvalue weighted by Gasteiger charge is -2.27. The summed E-state index contributed by atoms with van der Waals surface area (Å²) in [5, 5.41) is 0.150. The van der Waals surface area contributed by atoms with Crippen LogP contribution in [0.5, 0.6) is 0 Å². The molecule has 0 aromatic carbocycles. The van der Waals surface area contributed by atoms with Gasteiger partial charge in [-0.2, -0.15) is 0 Å². The maximum Gasteiger partial charge on any atom is 0.259 e. The van der Waals surface area contributed by atoms with Crippen molar-refractivity contribution in [2.75, 3.05) is 6.54 Å². The van der Waals surface area contributed by atoms with Crippen LogP contribution in [0.1, 0.15) is 21.6 Å². The summed E-state index contributed by atoms with van der Waals surface area (Å²) >= 11 is 5.83. The molecule has 5 heteroatoms. The van der Waals surface area contributed by atoms with Crippen molar-refractivity contribution in [3.63, 3.8) is 0 Å². The van der Waals surface area contributed by atoms with Gasteiger partial charge in [0.15, 0.2) is 0 Å². The summed E-state index contributed by atoms with van der Waals surface area (Å²) in [6.07, 6.45) is 3.98. The highest BCUT2D eigenvalue weighted by Crippen LogP contribution is 2.22. The molecule has 0 bridgehead atoms. The van der Waals surface area contributed by atoms with E-state index in [9.17, 15) is 4.79 Å². The number of rotatable bonds is 1. The lowest BCUT2D eigenvalue weighted by Crippen LogP contribution is -2.36. The van der Waals surface area contributed by atoms with Gasteiger partial charge in [-0.15, -0.1) is 0 Å². The van der Waals surface area contributed by atoms with Crippen LogP contribution in [0.25, 0.3) is 0 Å². The van der Waals surface area contributed by atoms with Crippen molar-refractivity contribution in [3.05, 3.63) is 52.7 Å². The maximum absolute atomic E-state index is 12.3. The van der Waals surface area contributed by atoms with E-state index in [1.807, 2.05) is 12.1 Å². The van der Waals surface area contributed by atoms with Crippen LogP contribution in [0.2, 0.25) is 5.22 Å². The normalized spacial score (nSPS) is 14.4. The van der Waals surface area contributed by atoms with Crippen molar-refractivity contribution < 1.29 is 9.21 Å². The number of fused-ring (bicyclic) bond motifs is 1. The zero-order valence-electron chi connectivity index (χ0n) is 9.60. The van der Waals surface area contributed by atoms with Crippen molar-refractivity contribution in [2.45, 2.75) is 13.0 Å². The van der Waals surface area contributed by atoms with E-state index in [-0.39, 0.29) is 11.1 Å². The molecule has 1 aliphatic heterocycles. The smallest absolute Gasteiger partial charge is 0.259 e. The molecule has 1 aliphatic rings. The zero-order chi connectivity index (χ0) is 12.5. The van der Waals surface area contributed by atoms with Gasteiger partial charge in [0.1, 0.15) is 0 Å². The van der Waals surface area contributed by atoms with Gasteiger partial charge in [0.05, 0.1) is 11.8 Å². The fraction of sp³-hybridized carbons (Fsp3) is 0.231. The van der Waals surface area contributed by atoms with Gasteiger partial charge in [0.25, 0.3) is 5.91 Å². The van der Waals surface area contributed by atoms with Crippen LogP contribution in [0.3, 0.4) is 0 Å². The van der Waals surface area contributed by atoms with Crippen molar-refractivity contribution >= 4 is 17.5 Å². The van der Waals surface area contributed by atoms with Crippen LogP contribution in [-0.4, -0.2) is 22.3 Å². The molecule has 0 radical (unpaired) electrons. The SMILES string of the molecule is O=C(c1ccoc1Cl)N1CCc2ncccc2C1. The van der Waals surface area contributed by atoms with Crippen LogP contribution >= 0.6 is 11.6 Å². The maximum atomic E-state index is 12.3. The molecule has 3 rings (SSSR count). The quantitative estimate of drug-likeness (QED) is 0.793. The first kappa shape index (κ1) is 11.3. The Morgan fingerprint density at radius 2 is 2.33 bits per heavy atom. The Hall–Kier alpha value is -1.81. The number of furan rings is 1. The first-order valence-corrected chi connectivity index (χ1v) is 6.08. The molecule has 0 fully saturated rings. The number of carbonyl (C=O) groups excluding carboxylic acids is 1. The molecule has 0 N–H and O–H groups in total. The molecule has 3 heterocycles. The van der Waals surface area contributed by atoms with Gasteiger partial charge in [-0.1, -0.05) is 6.07 Å². The predicted octanol–water partition coefficient (Wildman–Crippen LogP) is 2.53. The number of aromatic nitrogens is 1. The molecule has 0 unspecified atom stereocenters. The van der Waals surface area contributed by atoms with Crippen LogP contribution in [0.4, 0.5) is 0 Å². The van der Waals surface area contributed by atoms with E-state index in [4.69, 9.17) is 16.0 Å². The monoisotopic (exact) mass is 262 g/mol. The summed E-state index contributed by atoms with van der Waals surface area (Å²) < 4.78 is 4.95. The second kappa shape index (κ2) is 4.46. The van der Waals surface area contributed by atoms with E-state index in [0.29, 0.717) is 18.7 Å². The van der Waals surface area contributed by atoms with Gasteiger partial charge < -0.3 is 9.32 Å². The Bertz CT molecular complexity index is 594. The summed E-state index contributed by atoms with van der Waals surface area (Å²) in [6.45, 7) is 1.23. The first-order chi connectivity index (χ1) is 8.75. The Morgan fingerprint density at radius 1 is 1.44 bits per heavy atom. The number of carbonyl (C=O) groups is 1. The highest BCUT2D eigenvalue weighted by Gasteiger charge is 2.24. The number of nitrogens with zero attached hydrogens (tertiary/aromatic N) is 2. The molecule has 1 amide bonds. The molecule has 0 saturated carbocycles. The van der Waals surface area contributed by atoms with Gasteiger partial charge in [0, 0.05) is 31.4 Å². The van der Waals surface area contributed by atoms with E-state index < -0.39 is 0 Å². The third kappa shape index (κ3) is 1.88. The van der Waals surface area contributed by atoms with E-state index in [0.717, 1.165) is 17.7 Å². The Kier molecular flexibility index (Phi) is 2.80. The fourth-order valence-corrected chi connectivity index (χ4v) is 2.35. The van der Waals surface area contributed by atoms with Crippen molar-refractivity contribution in [1.82, 2.24) is 9.88 Å². The van der Waals surface area contributed by atoms with Gasteiger partial charge in [0.2, 0.25) is 5.22 Å². The molecular formula is C13H11ClN2O2. The summed E-state index contributed by atoms with van der Waals surface area (Å²) in [6, 6.07) is 5.49. The molecule has 0 atom stereocenters. The Balaban J connectivity index is 1.84. The summed E-state index contributed by atoms with van der Waals surface area (Å²) in [7, 11) is 0. The second-order valence-electron chi connectivity index (χ2n) is 4.19. The minimum atomic E-state index is -0.0942. The molecule has 2 aromatic rings. The van der Waals surface area contributed by atoms with Crippen LogP contribution in [0, 0.1) is 0 Å². The molecule has 18 heavy (non-hydrogen) atoms. The van der Waals surface area contributed by atoms with E-state index in [2.05, 4.69) is 4.98 Å². The Labute approximate surface area is 109 Å².